The maximum Gasteiger partial charge on any atom is 0.248 e. The van der Waals surface area contributed by atoms with E-state index in [1.165, 1.54) is 0 Å². The van der Waals surface area contributed by atoms with E-state index in [4.69, 9.17) is 10.5 Å². The van der Waals surface area contributed by atoms with E-state index in [-0.39, 0.29) is 0 Å². The zero-order valence-electron chi connectivity index (χ0n) is 9.32. The van der Waals surface area contributed by atoms with Crippen LogP contribution in [-0.2, 0) is 11.3 Å². The van der Waals surface area contributed by atoms with Crippen molar-refractivity contribution in [2.24, 2.45) is 5.73 Å². The molecule has 1 aliphatic heterocycles. The van der Waals surface area contributed by atoms with Crippen molar-refractivity contribution < 1.29 is 9.53 Å². The lowest BCUT2D eigenvalue weighted by molar-refractivity contribution is 0.00736. The third kappa shape index (κ3) is 2.40. The maximum absolute atomic E-state index is 11.0. The number of carbonyl (C=O) groups excluding carboxylic acids is 1. The van der Waals surface area contributed by atoms with Crippen LogP contribution in [-0.4, -0.2) is 25.1 Å². The van der Waals surface area contributed by atoms with Crippen molar-refractivity contribution in [3.05, 3.63) is 34.9 Å². The summed E-state index contributed by atoms with van der Waals surface area (Å²) in [6, 6.07) is 5.45. The van der Waals surface area contributed by atoms with Gasteiger partial charge >= 0.3 is 0 Å². The number of nitrogens with two attached hydrogens (primary N) is 1. The Bertz CT molecular complexity index is 400. The molecule has 0 atom stereocenters. The molecule has 1 aliphatic rings. The van der Waals surface area contributed by atoms with Crippen LogP contribution >= 0.6 is 0 Å². The molecule has 1 aromatic rings. The summed E-state index contributed by atoms with van der Waals surface area (Å²) >= 11 is 0. The molecule has 1 heterocycles. The summed E-state index contributed by atoms with van der Waals surface area (Å²) in [6.45, 7) is 4.41. The average molecular weight is 220 g/mol. The molecule has 3 N–H and O–H groups in total. The molecule has 0 radical (unpaired) electrons. The number of nitrogens with one attached hydrogen (secondary N) is 1. The number of rotatable bonds is 4. The van der Waals surface area contributed by atoms with Crippen molar-refractivity contribution >= 4 is 5.91 Å². The molecule has 1 saturated heterocycles. The summed E-state index contributed by atoms with van der Waals surface area (Å²) in [5, 5.41) is 3.15. The van der Waals surface area contributed by atoms with Crippen molar-refractivity contribution in [3.8, 4) is 0 Å². The number of aryl methyl sites for hydroxylation is 1. The van der Waals surface area contributed by atoms with E-state index < -0.39 is 5.91 Å². The van der Waals surface area contributed by atoms with Crippen LogP contribution in [0.1, 0.15) is 21.5 Å². The number of hydrogen-bond acceptors (Lipinski definition) is 3. The fraction of sp³-hybridized carbons (Fsp3) is 0.417. The summed E-state index contributed by atoms with van der Waals surface area (Å²) in [4.78, 5) is 11.0. The van der Waals surface area contributed by atoms with Gasteiger partial charge in [0, 0.05) is 18.7 Å². The molecule has 2 rings (SSSR count). The number of benzene rings is 1. The summed E-state index contributed by atoms with van der Waals surface area (Å²) in [7, 11) is 0. The summed E-state index contributed by atoms with van der Waals surface area (Å²) in [5.41, 5.74) is 7.91. The van der Waals surface area contributed by atoms with E-state index in [2.05, 4.69) is 5.32 Å². The first-order valence-electron chi connectivity index (χ1n) is 5.38. The Morgan fingerprint density at radius 2 is 2.31 bits per heavy atom. The first kappa shape index (κ1) is 11.1. The molecule has 4 nitrogen and oxygen atoms in total. The lowest BCUT2D eigenvalue weighted by Gasteiger charge is -2.27. The lowest BCUT2D eigenvalue weighted by atomic mass is 10.1. The normalized spacial score (nSPS) is 15.8. The Labute approximate surface area is 94.8 Å². The van der Waals surface area contributed by atoms with Gasteiger partial charge in [0.25, 0.3) is 0 Å². The van der Waals surface area contributed by atoms with E-state index in [0.717, 1.165) is 24.2 Å². The fourth-order valence-corrected chi connectivity index (χ4v) is 1.60. The van der Waals surface area contributed by atoms with Crippen LogP contribution in [0.2, 0.25) is 0 Å². The highest BCUT2D eigenvalue weighted by Crippen LogP contribution is 2.13. The molecule has 0 unspecified atom stereocenters. The van der Waals surface area contributed by atoms with E-state index in [9.17, 15) is 4.79 Å². The van der Waals surface area contributed by atoms with Crippen LogP contribution in [0, 0.1) is 6.92 Å². The van der Waals surface area contributed by atoms with Gasteiger partial charge in [-0.1, -0.05) is 6.07 Å². The summed E-state index contributed by atoms with van der Waals surface area (Å²) in [5.74, 6) is -0.390. The van der Waals surface area contributed by atoms with E-state index in [1.807, 2.05) is 13.0 Å². The van der Waals surface area contributed by atoms with Gasteiger partial charge in [0.2, 0.25) is 5.91 Å². The molecule has 0 aromatic heterocycles. The zero-order valence-corrected chi connectivity index (χ0v) is 9.32. The smallest absolute Gasteiger partial charge is 0.248 e. The zero-order chi connectivity index (χ0) is 11.5. The van der Waals surface area contributed by atoms with Crippen molar-refractivity contribution in [1.82, 2.24) is 5.32 Å². The molecular weight excluding hydrogens is 204 g/mol. The number of ether oxygens (including phenoxy) is 1. The van der Waals surface area contributed by atoms with Crippen molar-refractivity contribution in [2.45, 2.75) is 19.6 Å². The van der Waals surface area contributed by atoms with Gasteiger partial charge in [0.05, 0.1) is 12.7 Å². The standard InChI is InChI=1S/C12H16N2O2/c1-8-4-9(12(13)15)2-3-10(8)7-16-11-5-14-6-11/h2-4,11,14H,5-7H2,1H3,(H2,13,15). The van der Waals surface area contributed by atoms with Gasteiger partial charge in [-0.2, -0.15) is 0 Å². The topological polar surface area (TPSA) is 64.4 Å². The second-order valence-electron chi connectivity index (χ2n) is 4.10. The predicted octanol–water partition coefficient (Wildman–Crippen LogP) is 0.582. The van der Waals surface area contributed by atoms with Crippen LogP contribution in [0.3, 0.4) is 0 Å². The van der Waals surface area contributed by atoms with E-state index in [0.29, 0.717) is 18.3 Å². The van der Waals surface area contributed by atoms with Crippen LogP contribution in [0.5, 0.6) is 0 Å². The molecular formula is C12H16N2O2. The Kier molecular flexibility index (Phi) is 3.22. The Balaban J connectivity index is 2.00. The summed E-state index contributed by atoms with van der Waals surface area (Å²) in [6.07, 6.45) is 0.329. The minimum absolute atomic E-state index is 0.329. The highest BCUT2D eigenvalue weighted by atomic mass is 16.5. The van der Waals surface area contributed by atoms with Gasteiger partial charge < -0.3 is 15.8 Å². The minimum atomic E-state index is -0.390. The van der Waals surface area contributed by atoms with Crippen molar-refractivity contribution in [1.29, 1.82) is 0 Å². The number of carbonyl (C=O) groups is 1. The quantitative estimate of drug-likeness (QED) is 0.780. The third-order valence-electron chi connectivity index (χ3n) is 2.85. The fourth-order valence-electron chi connectivity index (χ4n) is 1.60. The molecule has 0 saturated carbocycles. The Morgan fingerprint density at radius 3 is 2.81 bits per heavy atom. The molecule has 0 bridgehead atoms. The number of hydrogen-bond donors (Lipinski definition) is 2. The molecule has 86 valence electrons. The molecule has 0 spiro atoms. The molecule has 4 heteroatoms. The van der Waals surface area contributed by atoms with Crippen molar-refractivity contribution in [2.75, 3.05) is 13.1 Å². The molecule has 16 heavy (non-hydrogen) atoms. The first-order chi connectivity index (χ1) is 7.66. The third-order valence-corrected chi connectivity index (χ3v) is 2.85. The van der Waals surface area contributed by atoms with Crippen molar-refractivity contribution in [3.63, 3.8) is 0 Å². The van der Waals surface area contributed by atoms with E-state index in [1.54, 1.807) is 12.1 Å². The predicted molar refractivity (Wildman–Crippen MR) is 61.1 cm³/mol. The van der Waals surface area contributed by atoms with Gasteiger partial charge in [0.1, 0.15) is 0 Å². The maximum atomic E-state index is 11.0. The van der Waals surface area contributed by atoms with E-state index >= 15 is 0 Å². The van der Waals surface area contributed by atoms with Gasteiger partial charge in [-0.15, -0.1) is 0 Å². The average Bonchev–Trinajstić information content (AvgIpc) is 2.17. The van der Waals surface area contributed by atoms with Crippen LogP contribution in [0.4, 0.5) is 0 Å². The number of amides is 1. The highest BCUT2D eigenvalue weighted by Gasteiger charge is 2.17. The van der Waals surface area contributed by atoms with Gasteiger partial charge in [0.15, 0.2) is 0 Å². The largest absolute Gasteiger partial charge is 0.371 e. The minimum Gasteiger partial charge on any atom is -0.371 e. The van der Waals surface area contributed by atoms with Crippen LogP contribution < -0.4 is 11.1 Å². The first-order valence-corrected chi connectivity index (χ1v) is 5.38. The van der Waals surface area contributed by atoms with Gasteiger partial charge in [-0.25, -0.2) is 0 Å². The SMILES string of the molecule is Cc1cc(C(N)=O)ccc1COC1CNC1. The monoisotopic (exact) mass is 220 g/mol. The Hall–Kier alpha value is -1.39. The Morgan fingerprint density at radius 1 is 1.56 bits per heavy atom. The molecule has 0 aliphatic carbocycles. The molecule has 1 fully saturated rings. The van der Waals surface area contributed by atoms with Gasteiger partial charge in [-0.05, 0) is 30.2 Å². The highest BCUT2D eigenvalue weighted by molar-refractivity contribution is 5.93. The second kappa shape index (κ2) is 4.63. The summed E-state index contributed by atoms with van der Waals surface area (Å²) < 4.78 is 5.67. The lowest BCUT2D eigenvalue weighted by Crippen LogP contribution is -2.48. The molecule has 1 aromatic carbocycles. The number of primary amides is 1. The van der Waals surface area contributed by atoms with Crippen LogP contribution in [0.15, 0.2) is 18.2 Å². The van der Waals surface area contributed by atoms with Gasteiger partial charge in [-0.3, -0.25) is 4.79 Å². The van der Waals surface area contributed by atoms with Crippen LogP contribution in [0.25, 0.3) is 0 Å². The molecule has 1 amide bonds. The second-order valence-corrected chi connectivity index (χ2v) is 4.10.